The van der Waals surface area contributed by atoms with E-state index in [4.69, 9.17) is 5.11 Å². The van der Waals surface area contributed by atoms with Gasteiger partial charge in [0.15, 0.2) is 5.78 Å². The number of benzene rings is 2. The number of nitrogens with zero attached hydrogens (tertiary/aromatic N) is 3. The van der Waals surface area contributed by atoms with E-state index in [1.165, 1.54) is 41.2 Å². The number of carbonyl (C=O) groups is 3. The fraction of sp³-hybridized carbons (Fsp3) is 0.379. The van der Waals surface area contributed by atoms with Gasteiger partial charge in [-0.25, -0.2) is 4.79 Å². The second kappa shape index (κ2) is 10.8. The fourth-order valence-electron chi connectivity index (χ4n) is 4.12. The van der Waals surface area contributed by atoms with Crippen LogP contribution in [0.5, 0.6) is 5.75 Å². The quantitative estimate of drug-likeness (QED) is 0.403. The van der Waals surface area contributed by atoms with Crippen molar-refractivity contribution in [1.82, 2.24) is 9.13 Å². The molecule has 3 aromatic rings. The van der Waals surface area contributed by atoms with E-state index in [1.54, 1.807) is 12.1 Å². The topological polar surface area (TPSA) is 114 Å². The molecule has 0 unspecified atom stereocenters. The number of phenolic OH excluding ortho intramolecular Hbond substituents is 1. The second-order valence-corrected chi connectivity index (χ2v) is 11.6. The Bertz CT molecular complexity index is 1480. The van der Waals surface area contributed by atoms with E-state index in [1.807, 2.05) is 41.5 Å². The monoisotopic (exact) mass is 559 g/mol. The number of carboxylic acid groups (broad SMARTS) is 1. The van der Waals surface area contributed by atoms with Gasteiger partial charge in [0.2, 0.25) is 5.62 Å². The molecule has 0 saturated heterocycles. The van der Waals surface area contributed by atoms with Gasteiger partial charge in [0.05, 0.1) is 18.7 Å². The van der Waals surface area contributed by atoms with Crippen molar-refractivity contribution in [3.8, 4) is 5.75 Å². The van der Waals surface area contributed by atoms with Crippen LogP contribution in [-0.2, 0) is 28.7 Å². The largest absolute Gasteiger partial charge is 0.507 e. The summed E-state index contributed by atoms with van der Waals surface area (Å²) < 4.78 is 41.8. The molecule has 0 radical (unpaired) electrons. The molecule has 0 atom stereocenters. The molecule has 11 heteroatoms. The third kappa shape index (κ3) is 6.88. The summed E-state index contributed by atoms with van der Waals surface area (Å²) in [5.41, 5.74) is 0.513. The first-order valence-corrected chi connectivity index (χ1v) is 12.4. The molecule has 2 aromatic carbocycles. The van der Waals surface area contributed by atoms with E-state index in [9.17, 15) is 32.7 Å². The van der Waals surface area contributed by atoms with Crippen LogP contribution in [-0.4, -0.2) is 43.2 Å². The van der Waals surface area contributed by atoms with Gasteiger partial charge in [0.1, 0.15) is 5.75 Å². The van der Waals surface area contributed by atoms with Gasteiger partial charge in [-0.3, -0.25) is 9.59 Å². The number of halogens is 3. The highest BCUT2D eigenvalue weighted by Gasteiger charge is 2.39. The predicted molar refractivity (Wildman–Crippen MR) is 141 cm³/mol. The van der Waals surface area contributed by atoms with Crippen molar-refractivity contribution < 1.29 is 37.8 Å². The molecule has 3 rings (SSSR count). The number of hydrogen-bond acceptors (Lipinski definition) is 4. The van der Waals surface area contributed by atoms with Crippen LogP contribution < -0.4 is 5.62 Å². The van der Waals surface area contributed by atoms with Crippen LogP contribution in [0.15, 0.2) is 53.8 Å². The third-order valence-corrected chi connectivity index (χ3v) is 6.30. The molecular formula is C29H32F3N3O5. The number of aromatic carboxylic acids is 1. The first-order chi connectivity index (χ1) is 18.3. The van der Waals surface area contributed by atoms with Crippen molar-refractivity contribution >= 4 is 17.7 Å². The molecule has 214 valence electrons. The normalized spacial score (nSPS) is 13.0. The lowest BCUT2D eigenvalue weighted by Crippen LogP contribution is -2.33. The lowest BCUT2D eigenvalue weighted by atomic mass is 9.78. The summed E-state index contributed by atoms with van der Waals surface area (Å²) in [6, 6.07) is 8.83. The Balaban J connectivity index is 2.09. The minimum absolute atomic E-state index is 0.0345. The SMILES string of the molecule is CC(C)(C)c1cc(C(=O)Cn2ccn(Cc3ccc(C(=O)O)cc3)c2=NC(=O)C(F)(F)F)cc(C(C)(C)C)c1O. The summed E-state index contributed by atoms with van der Waals surface area (Å²) in [5, 5.41) is 20.0. The van der Waals surface area contributed by atoms with Crippen molar-refractivity contribution in [3.63, 3.8) is 0 Å². The number of carboxylic acids is 1. The summed E-state index contributed by atoms with van der Waals surface area (Å²) in [6.45, 7) is 10.9. The predicted octanol–water partition coefficient (Wildman–Crippen LogP) is 5.21. The lowest BCUT2D eigenvalue weighted by molar-refractivity contribution is -0.169. The number of phenols is 1. The Hall–Kier alpha value is -4.15. The van der Waals surface area contributed by atoms with Crippen molar-refractivity contribution in [3.05, 3.63) is 82.2 Å². The molecule has 1 amide bonds. The van der Waals surface area contributed by atoms with Crippen LogP contribution in [0.3, 0.4) is 0 Å². The van der Waals surface area contributed by atoms with Gasteiger partial charge in [-0.2, -0.15) is 18.2 Å². The number of ketones is 1. The lowest BCUT2D eigenvalue weighted by Gasteiger charge is -2.28. The highest BCUT2D eigenvalue weighted by atomic mass is 19.4. The minimum Gasteiger partial charge on any atom is -0.507 e. The van der Waals surface area contributed by atoms with Crippen molar-refractivity contribution in [2.75, 3.05) is 0 Å². The highest BCUT2D eigenvalue weighted by Crippen LogP contribution is 2.39. The van der Waals surface area contributed by atoms with Gasteiger partial charge >= 0.3 is 18.1 Å². The van der Waals surface area contributed by atoms with E-state index >= 15 is 0 Å². The van der Waals surface area contributed by atoms with Gasteiger partial charge in [-0.15, -0.1) is 0 Å². The summed E-state index contributed by atoms with van der Waals surface area (Å²) in [4.78, 5) is 39.7. The van der Waals surface area contributed by atoms with Crippen molar-refractivity contribution in [2.24, 2.45) is 4.99 Å². The molecule has 8 nitrogen and oxygen atoms in total. The Morgan fingerprint density at radius 1 is 0.825 bits per heavy atom. The Labute approximate surface area is 229 Å². The molecule has 1 heterocycles. The van der Waals surface area contributed by atoms with Crippen molar-refractivity contribution in [2.45, 2.75) is 71.6 Å². The van der Waals surface area contributed by atoms with Crippen LogP contribution in [0.25, 0.3) is 0 Å². The molecule has 0 saturated carbocycles. The van der Waals surface area contributed by atoms with E-state index in [-0.39, 0.29) is 23.4 Å². The van der Waals surface area contributed by atoms with Crippen LogP contribution in [0.4, 0.5) is 13.2 Å². The van der Waals surface area contributed by atoms with E-state index in [0.29, 0.717) is 16.7 Å². The number of aromatic hydroxyl groups is 1. The molecule has 0 aliphatic rings. The standard InChI is InChI=1S/C29H32F3N3O5/c1-27(2,3)20-13-19(14-21(23(20)37)28(4,5)6)22(36)16-35-12-11-34(26(35)33-25(40)29(30,31)32)15-17-7-9-18(10-8-17)24(38)39/h7-14,37H,15-16H2,1-6H3,(H,38,39). The molecule has 0 aliphatic carbocycles. The maximum Gasteiger partial charge on any atom is 0.473 e. The Kier molecular flexibility index (Phi) is 8.19. The number of Topliss-reactive ketones (excluding diaryl/α,β-unsaturated/α-hetero) is 1. The maximum atomic E-state index is 13.5. The number of carbonyl (C=O) groups excluding carboxylic acids is 2. The highest BCUT2D eigenvalue weighted by molar-refractivity contribution is 5.96. The summed E-state index contributed by atoms with van der Waals surface area (Å²) >= 11 is 0. The third-order valence-electron chi connectivity index (χ3n) is 6.30. The van der Waals surface area contributed by atoms with Crippen LogP contribution in [0, 0.1) is 0 Å². The molecule has 0 spiro atoms. The minimum atomic E-state index is -5.22. The van der Waals surface area contributed by atoms with E-state index in [2.05, 4.69) is 4.99 Å². The molecule has 40 heavy (non-hydrogen) atoms. The number of alkyl halides is 3. The summed E-state index contributed by atoms with van der Waals surface area (Å²) in [5.74, 6) is -3.84. The Morgan fingerprint density at radius 2 is 1.32 bits per heavy atom. The number of amides is 1. The van der Waals surface area contributed by atoms with Gasteiger partial charge < -0.3 is 19.3 Å². The number of hydrogen-bond donors (Lipinski definition) is 2. The first kappa shape index (κ1) is 30.4. The van der Waals surface area contributed by atoms with Crippen molar-refractivity contribution in [1.29, 1.82) is 0 Å². The molecule has 0 bridgehead atoms. The summed E-state index contributed by atoms with van der Waals surface area (Å²) in [6.07, 6.45) is -2.49. The smallest absolute Gasteiger partial charge is 0.473 e. The van der Waals surface area contributed by atoms with Gasteiger partial charge in [-0.05, 0) is 40.7 Å². The molecular weight excluding hydrogens is 527 g/mol. The molecule has 0 aliphatic heterocycles. The van der Waals surface area contributed by atoms with Crippen LogP contribution >= 0.6 is 0 Å². The first-order valence-electron chi connectivity index (χ1n) is 12.4. The van der Waals surface area contributed by atoms with Gasteiger partial charge in [-0.1, -0.05) is 53.7 Å². The van der Waals surface area contributed by atoms with Crippen LogP contribution in [0.2, 0.25) is 0 Å². The fourth-order valence-corrected chi connectivity index (χ4v) is 4.12. The van der Waals surface area contributed by atoms with Gasteiger partial charge in [0, 0.05) is 29.1 Å². The molecule has 1 aromatic heterocycles. The van der Waals surface area contributed by atoms with Crippen LogP contribution in [0.1, 0.15) is 78.9 Å². The zero-order valence-electron chi connectivity index (χ0n) is 23.1. The number of rotatable bonds is 6. The summed E-state index contributed by atoms with van der Waals surface area (Å²) in [7, 11) is 0. The van der Waals surface area contributed by atoms with Gasteiger partial charge in [0.25, 0.3) is 0 Å². The maximum absolute atomic E-state index is 13.5. The number of aromatic nitrogens is 2. The average Bonchev–Trinajstić information content (AvgIpc) is 3.17. The van der Waals surface area contributed by atoms with E-state index in [0.717, 1.165) is 4.57 Å². The molecule has 0 fully saturated rings. The number of imidazole rings is 1. The zero-order valence-corrected chi connectivity index (χ0v) is 23.1. The van der Waals surface area contributed by atoms with E-state index < -0.39 is 46.8 Å². The molecule has 2 N–H and O–H groups in total. The average molecular weight is 560 g/mol. The Morgan fingerprint density at radius 3 is 1.77 bits per heavy atom. The second-order valence-electron chi connectivity index (χ2n) is 11.6. The zero-order chi connectivity index (χ0) is 30.2.